The van der Waals surface area contributed by atoms with E-state index in [1.54, 1.807) is 0 Å². The second-order valence-electron chi connectivity index (χ2n) is 6.54. The lowest BCUT2D eigenvalue weighted by Crippen LogP contribution is -2.20. The molecule has 0 saturated carbocycles. The lowest BCUT2D eigenvalue weighted by Gasteiger charge is -2.09. The zero-order valence-electron chi connectivity index (χ0n) is 13.5. The quantitative estimate of drug-likeness (QED) is 0.802. The summed E-state index contributed by atoms with van der Waals surface area (Å²) in [6.45, 7) is 0. The van der Waals surface area contributed by atoms with E-state index < -0.39 is 6.10 Å². The number of carbonyl (C=O) groups is 1. The molecule has 0 fully saturated rings. The number of Topliss-reactive ketones (excluding diaryl/α,β-unsaturated/α-hetero) is 1. The molecule has 4 bridgehead atoms. The summed E-state index contributed by atoms with van der Waals surface area (Å²) in [5.41, 5.74) is 5.17. The standard InChI is InChI=1S/C21H24O2/c22-20-5-1-3-16-7-11-18(12-8-16)15-19-13-9-17(10-14-19)4-2-6-21(20)23/h7-14,20,22H,1-6,15H2/t20-/m1/s1. The summed E-state index contributed by atoms with van der Waals surface area (Å²) < 4.78 is 0. The summed E-state index contributed by atoms with van der Waals surface area (Å²) in [7, 11) is 0. The van der Waals surface area contributed by atoms with Crippen molar-refractivity contribution < 1.29 is 9.90 Å². The van der Waals surface area contributed by atoms with Gasteiger partial charge in [0.2, 0.25) is 0 Å². The van der Waals surface area contributed by atoms with E-state index >= 15 is 0 Å². The van der Waals surface area contributed by atoms with Crippen LogP contribution in [0.4, 0.5) is 0 Å². The highest BCUT2D eigenvalue weighted by Gasteiger charge is 2.14. The molecule has 3 aliphatic carbocycles. The van der Waals surface area contributed by atoms with Crippen molar-refractivity contribution in [1.82, 2.24) is 0 Å². The Morgan fingerprint density at radius 3 is 1.74 bits per heavy atom. The van der Waals surface area contributed by atoms with Crippen LogP contribution in [0.15, 0.2) is 48.5 Å². The molecule has 0 aromatic heterocycles. The summed E-state index contributed by atoms with van der Waals surface area (Å²) in [6, 6.07) is 17.4. The zero-order valence-corrected chi connectivity index (χ0v) is 13.5. The largest absolute Gasteiger partial charge is 0.385 e. The molecule has 0 unspecified atom stereocenters. The average Bonchev–Trinajstić information content (AvgIpc) is 2.57. The van der Waals surface area contributed by atoms with Gasteiger partial charge in [0, 0.05) is 6.42 Å². The van der Waals surface area contributed by atoms with E-state index in [9.17, 15) is 9.90 Å². The molecule has 0 spiro atoms. The summed E-state index contributed by atoms with van der Waals surface area (Å²) in [6.07, 6.45) is 4.67. The van der Waals surface area contributed by atoms with Crippen molar-refractivity contribution in [2.45, 2.75) is 51.0 Å². The Labute approximate surface area is 138 Å². The molecular weight excluding hydrogens is 284 g/mol. The third kappa shape index (κ3) is 4.52. The van der Waals surface area contributed by atoms with E-state index in [1.165, 1.54) is 22.3 Å². The van der Waals surface area contributed by atoms with E-state index in [-0.39, 0.29) is 5.78 Å². The molecule has 0 amide bonds. The molecule has 23 heavy (non-hydrogen) atoms. The third-order valence-electron chi connectivity index (χ3n) is 4.66. The molecule has 1 atom stereocenters. The topological polar surface area (TPSA) is 37.3 Å². The van der Waals surface area contributed by atoms with E-state index in [0.717, 1.165) is 32.1 Å². The van der Waals surface area contributed by atoms with Gasteiger partial charge in [-0.3, -0.25) is 4.79 Å². The molecule has 2 aromatic carbocycles. The van der Waals surface area contributed by atoms with Gasteiger partial charge in [-0.2, -0.15) is 0 Å². The predicted octanol–water partition coefficient (Wildman–Crippen LogP) is 3.87. The van der Waals surface area contributed by atoms with E-state index in [4.69, 9.17) is 0 Å². The van der Waals surface area contributed by atoms with Crippen LogP contribution in [0.5, 0.6) is 0 Å². The fourth-order valence-electron chi connectivity index (χ4n) is 3.18. The molecule has 2 nitrogen and oxygen atoms in total. The van der Waals surface area contributed by atoms with Crippen molar-refractivity contribution in [3.05, 3.63) is 70.8 Å². The maximum atomic E-state index is 12.0. The normalized spacial score (nSPS) is 19.7. The molecule has 120 valence electrons. The molecule has 3 aliphatic rings. The number of hydrogen-bond acceptors (Lipinski definition) is 2. The van der Waals surface area contributed by atoms with Crippen LogP contribution >= 0.6 is 0 Å². The summed E-state index contributed by atoms with van der Waals surface area (Å²) >= 11 is 0. The first-order chi connectivity index (χ1) is 11.2. The number of aliphatic hydroxyl groups is 1. The third-order valence-corrected chi connectivity index (χ3v) is 4.66. The highest BCUT2D eigenvalue weighted by Crippen LogP contribution is 2.16. The molecule has 0 radical (unpaired) electrons. The van der Waals surface area contributed by atoms with Crippen molar-refractivity contribution in [1.29, 1.82) is 0 Å². The minimum Gasteiger partial charge on any atom is -0.385 e. The number of fused-ring (bicyclic) bond motifs is 2. The Hall–Kier alpha value is -1.93. The Bertz CT molecular complexity index is 641. The maximum Gasteiger partial charge on any atom is 0.161 e. The van der Waals surface area contributed by atoms with Gasteiger partial charge in [0.1, 0.15) is 6.10 Å². The van der Waals surface area contributed by atoms with Crippen LogP contribution in [-0.4, -0.2) is 17.0 Å². The average molecular weight is 308 g/mol. The van der Waals surface area contributed by atoms with E-state index in [2.05, 4.69) is 48.5 Å². The minimum absolute atomic E-state index is 0.0127. The highest BCUT2D eigenvalue weighted by molar-refractivity contribution is 5.82. The zero-order chi connectivity index (χ0) is 16.1. The molecule has 1 N–H and O–H groups in total. The molecule has 2 heteroatoms. The first-order valence-corrected chi connectivity index (χ1v) is 8.57. The number of aryl methyl sites for hydroxylation is 2. The van der Waals surface area contributed by atoms with Crippen molar-refractivity contribution in [2.75, 3.05) is 0 Å². The lowest BCUT2D eigenvalue weighted by atomic mass is 10.00. The van der Waals surface area contributed by atoms with Crippen LogP contribution in [0.25, 0.3) is 0 Å². The van der Waals surface area contributed by atoms with E-state index in [0.29, 0.717) is 12.8 Å². The maximum absolute atomic E-state index is 12.0. The Balaban J connectivity index is 1.79. The van der Waals surface area contributed by atoms with Crippen LogP contribution in [0.3, 0.4) is 0 Å². The summed E-state index contributed by atoms with van der Waals surface area (Å²) in [4.78, 5) is 12.0. The van der Waals surface area contributed by atoms with Crippen LogP contribution in [0.1, 0.15) is 47.9 Å². The number of ketones is 1. The second kappa shape index (κ2) is 7.56. The first-order valence-electron chi connectivity index (χ1n) is 8.57. The van der Waals surface area contributed by atoms with Gasteiger partial charge in [-0.1, -0.05) is 48.5 Å². The van der Waals surface area contributed by atoms with Crippen LogP contribution < -0.4 is 0 Å². The molecule has 0 aliphatic heterocycles. The van der Waals surface area contributed by atoms with Gasteiger partial charge in [-0.15, -0.1) is 0 Å². The minimum atomic E-state index is -0.799. The van der Waals surface area contributed by atoms with E-state index in [1.807, 2.05) is 0 Å². The van der Waals surface area contributed by atoms with Crippen molar-refractivity contribution in [3.63, 3.8) is 0 Å². The fourth-order valence-corrected chi connectivity index (χ4v) is 3.18. The smallest absolute Gasteiger partial charge is 0.161 e. The van der Waals surface area contributed by atoms with Crippen LogP contribution in [-0.2, 0) is 24.1 Å². The molecule has 2 aromatic rings. The Kier molecular flexibility index (Phi) is 5.24. The molecular formula is C21H24O2. The number of carbonyl (C=O) groups excluding carboxylic acids is 1. The highest BCUT2D eigenvalue weighted by atomic mass is 16.3. The lowest BCUT2D eigenvalue weighted by molar-refractivity contribution is -0.127. The monoisotopic (exact) mass is 308 g/mol. The van der Waals surface area contributed by atoms with Gasteiger partial charge in [0.15, 0.2) is 5.78 Å². The van der Waals surface area contributed by atoms with Crippen LogP contribution in [0, 0.1) is 0 Å². The van der Waals surface area contributed by atoms with Gasteiger partial charge in [-0.25, -0.2) is 0 Å². The molecule has 0 heterocycles. The van der Waals surface area contributed by atoms with Gasteiger partial charge in [0.25, 0.3) is 0 Å². The first kappa shape index (κ1) is 15.9. The van der Waals surface area contributed by atoms with Crippen molar-refractivity contribution in [3.8, 4) is 0 Å². The van der Waals surface area contributed by atoms with Crippen molar-refractivity contribution in [2.24, 2.45) is 0 Å². The van der Waals surface area contributed by atoms with Crippen LogP contribution in [0.2, 0.25) is 0 Å². The van der Waals surface area contributed by atoms with Gasteiger partial charge in [0.05, 0.1) is 0 Å². The molecule has 0 saturated heterocycles. The van der Waals surface area contributed by atoms with Gasteiger partial charge >= 0.3 is 0 Å². The second-order valence-corrected chi connectivity index (χ2v) is 6.54. The number of hydrogen-bond donors (Lipinski definition) is 1. The molecule has 5 rings (SSSR count). The summed E-state index contributed by atoms with van der Waals surface area (Å²) in [5, 5.41) is 10.00. The van der Waals surface area contributed by atoms with Gasteiger partial charge in [-0.05, 0) is 60.8 Å². The Morgan fingerprint density at radius 1 is 0.696 bits per heavy atom. The Morgan fingerprint density at radius 2 is 1.17 bits per heavy atom. The van der Waals surface area contributed by atoms with Crippen molar-refractivity contribution >= 4 is 5.78 Å². The number of benzene rings is 2. The fraction of sp³-hybridized carbons (Fsp3) is 0.381. The summed E-state index contributed by atoms with van der Waals surface area (Å²) in [5.74, 6) is -0.0127. The number of aliphatic hydroxyl groups excluding tert-OH is 1. The predicted molar refractivity (Wildman–Crippen MR) is 92.6 cm³/mol. The number of rotatable bonds is 0. The van der Waals surface area contributed by atoms with Gasteiger partial charge < -0.3 is 5.11 Å². The SMILES string of the molecule is O=C1CCCc2ccc(cc2)Cc2ccc(cc2)CCC[C@H]1O.